The largest absolute Gasteiger partial charge is 0.481 e. The minimum atomic E-state index is -2.44. The van der Waals surface area contributed by atoms with Gasteiger partial charge in [-0.3, -0.25) is 23.8 Å². The lowest BCUT2D eigenvalue weighted by Gasteiger charge is -2.27. The number of nitrogens with zero attached hydrogens (tertiary/aromatic N) is 3. The number of likely N-dealkylation sites (N-methyl/N-ethyl adjacent to an activating group) is 1. The molecule has 11 heteroatoms. The van der Waals surface area contributed by atoms with Crippen molar-refractivity contribution in [3.05, 3.63) is 29.3 Å². The Bertz CT molecular complexity index is 857. The molecule has 2 amide bonds. The summed E-state index contributed by atoms with van der Waals surface area (Å²) in [6, 6.07) is 4.74. The molecule has 1 aromatic carbocycles. The number of anilines is 1. The lowest BCUT2D eigenvalue weighted by Crippen LogP contribution is -2.39. The van der Waals surface area contributed by atoms with Crippen molar-refractivity contribution in [2.24, 2.45) is 5.41 Å². The summed E-state index contributed by atoms with van der Waals surface area (Å²) in [5.74, 6) is -1.96. The molecule has 0 aliphatic carbocycles. The molecule has 1 heterocycles. The maximum atomic E-state index is 12.9. The van der Waals surface area contributed by atoms with Crippen LogP contribution in [0.2, 0.25) is 0 Å². The Labute approximate surface area is 177 Å². The third-order valence-electron chi connectivity index (χ3n) is 4.66. The zero-order valence-electron chi connectivity index (χ0n) is 17.5. The summed E-state index contributed by atoms with van der Waals surface area (Å²) in [5.41, 5.74) is 0.241. The van der Waals surface area contributed by atoms with Gasteiger partial charge in [0, 0.05) is 25.3 Å². The highest BCUT2D eigenvalue weighted by Gasteiger charge is 2.39. The Morgan fingerprint density at radius 2 is 1.80 bits per heavy atom. The summed E-state index contributed by atoms with van der Waals surface area (Å²) in [6.45, 7) is 4.27. The molecule has 1 aliphatic heterocycles. The number of hydrogen-bond donors (Lipinski definition) is 2. The topological polar surface area (TPSA) is 128 Å². The standard InChI is InChI=1S/C19H27N3O7S/c1-19(2,10-16(23)24)11-22-17(25)14-6-5-13(9-15(14)18(22)26)21(8-7-20(3)4)12-29-30(27)28/h5-6,9H,7-8,10-12H2,1-4H3,(H,23,24)(H,27,28). The molecular formula is C19H27N3O7S. The number of carboxylic acid groups (broad SMARTS) is 1. The summed E-state index contributed by atoms with van der Waals surface area (Å²) in [7, 11) is 3.76. The van der Waals surface area contributed by atoms with Crippen LogP contribution in [0.4, 0.5) is 5.69 Å². The Kier molecular flexibility index (Phi) is 7.70. The minimum Gasteiger partial charge on any atom is -0.481 e. The van der Waals surface area contributed by atoms with Crippen LogP contribution in [0.15, 0.2) is 18.2 Å². The van der Waals surface area contributed by atoms with Crippen LogP contribution in [0, 0.1) is 5.41 Å². The fraction of sp³-hybridized carbons (Fsp3) is 0.526. The van der Waals surface area contributed by atoms with Gasteiger partial charge in [-0.25, -0.2) is 4.18 Å². The number of imide groups is 1. The van der Waals surface area contributed by atoms with Crippen molar-refractivity contribution >= 4 is 34.8 Å². The maximum absolute atomic E-state index is 12.9. The van der Waals surface area contributed by atoms with Crippen LogP contribution in [0.3, 0.4) is 0 Å². The summed E-state index contributed by atoms with van der Waals surface area (Å²) >= 11 is -2.44. The first-order chi connectivity index (χ1) is 13.9. The van der Waals surface area contributed by atoms with E-state index in [4.69, 9.17) is 13.8 Å². The molecule has 166 valence electrons. The number of rotatable bonds is 11. The highest BCUT2D eigenvalue weighted by atomic mass is 32.2. The quantitative estimate of drug-likeness (QED) is 0.296. The highest BCUT2D eigenvalue weighted by molar-refractivity contribution is 7.74. The third-order valence-corrected chi connectivity index (χ3v) is 4.97. The maximum Gasteiger partial charge on any atom is 0.303 e. The zero-order valence-corrected chi connectivity index (χ0v) is 18.3. The predicted octanol–water partition coefficient (Wildman–Crippen LogP) is 1.26. The van der Waals surface area contributed by atoms with Gasteiger partial charge >= 0.3 is 17.3 Å². The predicted molar refractivity (Wildman–Crippen MR) is 110 cm³/mol. The van der Waals surface area contributed by atoms with Gasteiger partial charge in [0.2, 0.25) is 0 Å². The number of carbonyl (C=O) groups is 3. The second-order valence-electron chi connectivity index (χ2n) is 8.19. The normalized spacial score (nSPS) is 14.9. The molecule has 0 bridgehead atoms. The van der Waals surface area contributed by atoms with Gasteiger partial charge in [0.1, 0.15) is 6.73 Å². The molecular weight excluding hydrogens is 414 g/mol. The van der Waals surface area contributed by atoms with Crippen molar-refractivity contribution in [1.82, 2.24) is 9.80 Å². The lowest BCUT2D eigenvalue weighted by molar-refractivity contribution is -0.139. The summed E-state index contributed by atoms with van der Waals surface area (Å²) in [6.07, 6.45) is -0.181. The van der Waals surface area contributed by atoms with Gasteiger partial charge < -0.3 is 14.9 Å². The van der Waals surface area contributed by atoms with E-state index in [1.807, 2.05) is 19.0 Å². The van der Waals surface area contributed by atoms with E-state index in [0.29, 0.717) is 18.8 Å². The summed E-state index contributed by atoms with van der Waals surface area (Å²) in [5, 5.41) is 9.06. The molecule has 2 N–H and O–H groups in total. The first-order valence-electron chi connectivity index (χ1n) is 9.27. The molecule has 0 saturated carbocycles. The van der Waals surface area contributed by atoms with Gasteiger partial charge in [-0.15, -0.1) is 0 Å². The molecule has 2 rings (SSSR count). The Hall–Kier alpha value is -2.34. The molecule has 1 aromatic rings. The van der Waals surface area contributed by atoms with Crippen molar-refractivity contribution < 1.29 is 32.4 Å². The third kappa shape index (κ3) is 6.08. The van der Waals surface area contributed by atoms with Crippen molar-refractivity contribution in [3.8, 4) is 0 Å². The first kappa shape index (κ1) is 23.9. The van der Waals surface area contributed by atoms with E-state index in [1.54, 1.807) is 30.9 Å². The van der Waals surface area contributed by atoms with Crippen LogP contribution in [-0.4, -0.2) is 81.9 Å². The van der Waals surface area contributed by atoms with E-state index in [2.05, 4.69) is 0 Å². The average Bonchev–Trinajstić information content (AvgIpc) is 2.84. The molecule has 0 saturated heterocycles. The lowest BCUT2D eigenvalue weighted by atomic mass is 9.89. The second kappa shape index (κ2) is 9.65. The molecule has 0 radical (unpaired) electrons. The zero-order chi connectivity index (χ0) is 22.6. The fourth-order valence-electron chi connectivity index (χ4n) is 3.21. The number of carboxylic acids is 1. The second-order valence-corrected chi connectivity index (χ2v) is 8.86. The van der Waals surface area contributed by atoms with Crippen LogP contribution < -0.4 is 4.90 Å². The number of hydrogen-bond acceptors (Lipinski definition) is 7. The van der Waals surface area contributed by atoms with Gasteiger partial charge in [0.25, 0.3) is 11.8 Å². The summed E-state index contributed by atoms with van der Waals surface area (Å²) in [4.78, 5) is 41.4. The number of fused-ring (bicyclic) bond motifs is 1. The van der Waals surface area contributed by atoms with E-state index in [-0.39, 0.29) is 30.8 Å². The smallest absolute Gasteiger partial charge is 0.303 e. The van der Waals surface area contributed by atoms with Crippen molar-refractivity contribution in [2.45, 2.75) is 20.3 Å². The monoisotopic (exact) mass is 441 g/mol. The Balaban J connectivity index is 2.27. The van der Waals surface area contributed by atoms with Crippen LogP contribution in [-0.2, 0) is 20.3 Å². The van der Waals surface area contributed by atoms with E-state index >= 15 is 0 Å². The van der Waals surface area contributed by atoms with E-state index in [1.165, 1.54) is 6.07 Å². The van der Waals surface area contributed by atoms with E-state index in [9.17, 15) is 18.6 Å². The van der Waals surface area contributed by atoms with Gasteiger partial charge in [-0.2, -0.15) is 4.21 Å². The number of aliphatic carboxylic acids is 1. The molecule has 1 atom stereocenters. The fourth-order valence-corrected chi connectivity index (χ4v) is 3.43. The minimum absolute atomic E-state index is 0.0159. The molecule has 1 aliphatic rings. The van der Waals surface area contributed by atoms with Crippen LogP contribution in [0.25, 0.3) is 0 Å². The van der Waals surface area contributed by atoms with Gasteiger partial charge in [0.05, 0.1) is 17.5 Å². The van der Waals surface area contributed by atoms with Crippen molar-refractivity contribution in [2.75, 3.05) is 45.4 Å². The molecule has 30 heavy (non-hydrogen) atoms. The van der Waals surface area contributed by atoms with Gasteiger partial charge in [-0.1, -0.05) is 13.8 Å². The van der Waals surface area contributed by atoms with Crippen LogP contribution >= 0.6 is 0 Å². The van der Waals surface area contributed by atoms with E-state index in [0.717, 1.165) is 4.90 Å². The first-order valence-corrected chi connectivity index (χ1v) is 10.3. The van der Waals surface area contributed by atoms with Crippen LogP contribution in [0.5, 0.6) is 0 Å². The van der Waals surface area contributed by atoms with Gasteiger partial charge in [0.15, 0.2) is 0 Å². The Morgan fingerprint density at radius 3 is 2.37 bits per heavy atom. The SMILES string of the molecule is CN(C)CCN(COS(=O)O)c1ccc2c(c1)C(=O)N(CC(C)(C)CC(=O)O)C2=O. The number of amides is 2. The molecule has 0 spiro atoms. The average molecular weight is 442 g/mol. The van der Waals surface area contributed by atoms with Gasteiger partial charge in [-0.05, 0) is 37.7 Å². The summed E-state index contributed by atoms with van der Waals surface area (Å²) < 4.78 is 24.6. The Morgan fingerprint density at radius 1 is 1.17 bits per heavy atom. The molecule has 10 nitrogen and oxygen atoms in total. The molecule has 1 unspecified atom stereocenters. The van der Waals surface area contributed by atoms with Crippen molar-refractivity contribution in [1.29, 1.82) is 0 Å². The van der Waals surface area contributed by atoms with Crippen LogP contribution in [0.1, 0.15) is 41.0 Å². The number of benzene rings is 1. The highest BCUT2D eigenvalue weighted by Crippen LogP contribution is 2.31. The molecule has 0 aromatic heterocycles. The van der Waals surface area contributed by atoms with Crippen molar-refractivity contribution in [3.63, 3.8) is 0 Å². The number of carbonyl (C=O) groups excluding carboxylic acids is 2. The molecule has 0 fully saturated rings. The van der Waals surface area contributed by atoms with E-state index < -0.39 is 34.6 Å².